The summed E-state index contributed by atoms with van der Waals surface area (Å²) in [6, 6.07) is 0. The molecule has 1 aliphatic carbocycles. The van der Waals surface area contributed by atoms with Crippen molar-refractivity contribution in [1.29, 1.82) is 0 Å². The average Bonchev–Trinajstić information content (AvgIpc) is 2.65. The van der Waals surface area contributed by atoms with Crippen molar-refractivity contribution in [3.8, 4) is 0 Å². The SMILES string of the molecule is CC1(C)CCCC(O)(C2(CO)CCOC2)C1. The van der Waals surface area contributed by atoms with Gasteiger partial charge in [-0.2, -0.15) is 0 Å². The molecule has 0 aromatic heterocycles. The van der Waals surface area contributed by atoms with Crippen LogP contribution < -0.4 is 0 Å². The summed E-state index contributed by atoms with van der Waals surface area (Å²) in [6.07, 6.45) is 4.59. The van der Waals surface area contributed by atoms with Gasteiger partial charge in [0.25, 0.3) is 0 Å². The quantitative estimate of drug-likeness (QED) is 0.756. The van der Waals surface area contributed by atoms with Crippen molar-refractivity contribution in [2.45, 2.75) is 51.6 Å². The summed E-state index contributed by atoms with van der Waals surface area (Å²) >= 11 is 0. The second kappa shape index (κ2) is 3.97. The fraction of sp³-hybridized carbons (Fsp3) is 1.00. The summed E-state index contributed by atoms with van der Waals surface area (Å²) in [5.74, 6) is 0. The molecule has 0 amide bonds. The molecule has 3 heteroatoms. The molecular weight excluding hydrogens is 204 g/mol. The molecule has 1 saturated carbocycles. The Morgan fingerprint density at radius 1 is 1.19 bits per heavy atom. The van der Waals surface area contributed by atoms with E-state index in [2.05, 4.69) is 13.8 Å². The zero-order valence-electron chi connectivity index (χ0n) is 10.5. The van der Waals surface area contributed by atoms with E-state index in [1.54, 1.807) is 0 Å². The molecule has 2 aliphatic rings. The highest BCUT2D eigenvalue weighted by Crippen LogP contribution is 2.52. The van der Waals surface area contributed by atoms with Gasteiger partial charge in [0, 0.05) is 12.0 Å². The highest BCUT2D eigenvalue weighted by molar-refractivity contribution is 5.05. The third-order valence-corrected chi connectivity index (χ3v) is 4.61. The van der Waals surface area contributed by atoms with Gasteiger partial charge in [-0.1, -0.05) is 20.3 Å². The summed E-state index contributed by atoms with van der Waals surface area (Å²) in [7, 11) is 0. The summed E-state index contributed by atoms with van der Waals surface area (Å²) < 4.78 is 5.42. The molecule has 2 rings (SSSR count). The van der Waals surface area contributed by atoms with E-state index >= 15 is 0 Å². The van der Waals surface area contributed by atoms with Crippen LogP contribution in [0.4, 0.5) is 0 Å². The van der Waals surface area contributed by atoms with Crippen LogP contribution in [0.15, 0.2) is 0 Å². The Labute approximate surface area is 97.8 Å². The van der Waals surface area contributed by atoms with Gasteiger partial charge in [0.1, 0.15) is 0 Å². The first kappa shape index (κ1) is 12.3. The van der Waals surface area contributed by atoms with Gasteiger partial charge in [0.2, 0.25) is 0 Å². The lowest BCUT2D eigenvalue weighted by atomic mass is 9.59. The smallest absolute Gasteiger partial charge is 0.0753 e. The molecule has 0 aromatic carbocycles. The fourth-order valence-corrected chi connectivity index (χ4v) is 3.53. The molecule has 1 saturated heterocycles. The van der Waals surface area contributed by atoms with E-state index in [1.165, 1.54) is 0 Å². The molecule has 0 bridgehead atoms. The Hall–Kier alpha value is -0.120. The fourth-order valence-electron chi connectivity index (χ4n) is 3.53. The normalized spacial score (nSPS) is 43.5. The highest BCUT2D eigenvalue weighted by atomic mass is 16.5. The molecule has 2 N–H and O–H groups in total. The number of aliphatic hydroxyl groups excluding tert-OH is 1. The molecule has 2 fully saturated rings. The molecule has 0 radical (unpaired) electrons. The largest absolute Gasteiger partial charge is 0.396 e. The van der Waals surface area contributed by atoms with Gasteiger partial charge in [0.15, 0.2) is 0 Å². The maximum atomic E-state index is 10.9. The molecule has 2 atom stereocenters. The second-order valence-electron chi connectivity index (χ2n) is 6.47. The van der Waals surface area contributed by atoms with Crippen LogP contribution in [0.3, 0.4) is 0 Å². The third-order valence-electron chi connectivity index (χ3n) is 4.61. The Morgan fingerprint density at radius 2 is 1.94 bits per heavy atom. The molecule has 94 valence electrons. The predicted molar refractivity (Wildman–Crippen MR) is 62.2 cm³/mol. The molecule has 0 aromatic rings. The van der Waals surface area contributed by atoms with Crippen molar-refractivity contribution >= 4 is 0 Å². The van der Waals surface area contributed by atoms with Crippen LogP contribution in [0, 0.1) is 10.8 Å². The number of rotatable bonds is 2. The number of aliphatic hydroxyl groups is 2. The van der Waals surface area contributed by atoms with Gasteiger partial charge in [0.05, 0.1) is 18.8 Å². The van der Waals surface area contributed by atoms with E-state index < -0.39 is 11.0 Å². The number of hydrogen-bond donors (Lipinski definition) is 2. The Bertz CT molecular complexity index is 256. The molecule has 16 heavy (non-hydrogen) atoms. The highest BCUT2D eigenvalue weighted by Gasteiger charge is 2.55. The lowest BCUT2D eigenvalue weighted by Gasteiger charge is -2.50. The topological polar surface area (TPSA) is 49.7 Å². The first-order chi connectivity index (χ1) is 7.43. The maximum absolute atomic E-state index is 10.9. The van der Waals surface area contributed by atoms with E-state index in [-0.39, 0.29) is 12.0 Å². The summed E-state index contributed by atoms with van der Waals surface area (Å²) in [5, 5.41) is 20.6. The predicted octanol–water partition coefficient (Wildman–Crippen LogP) is 1.72. The Morgan fingerprint density at radius 3 is 2.44 bits per heavy atom. The monoisotopic (exact) mass is 228 g/mol. The first-order valence-corrected chi connectivity index (χ1v) is 6.34. The minimum atomic E-state index is -0.736. The first-order valence-electron chi connectivity index (χ1n) is 6.34. The van der Waals surface area contributed by atoms with Gasteiger partial charge in [-0.25, -0.2) is 0 Å². The van der Waals surface area contributed by atoms with Crippen LogP contribution in [0.5, 0.6) is 0 Å². The van der Waals surface area contributed by atoms with Gasteiger partial charge < -0.3 is 14.9 Å². The van der Waals surface area contributed by atoms with Crippen LogP contribution >= 0.6 is 0 Å². The minimum absolute atomic E-state index is 0.0413. The lowest BCUT2D eigenvalue weighted by Crippen LogP contribution is -2.55. The summed E-state index contributed by atoms with van der Waals surface area (Å²) in [4.78, 5) is 0. The van der Waals surface area contributed by atoms with E-state index in [0.29, 0.717) is 13.2 Å². The third kappa shape index (κ3) is 1.89. The summed E-state index contributed by atoms with van der Waals surface area (Å²) in [6.45, 7) is 5.63. The Kier molecular flexibility index (Phi) is 3.06. The van der Waals surface area contributed by atoms with Gasteiger partial charge in [-0.3, -0.25) is 0 Å². The summed E-state index contributed by atoms with van der Waals surface area (Å²) in [5.41, 5.74) is -0.970. The van der Waals surface area contributed by atoms with Crippen molar-refractivity contribution in [2.24, 2.45) is 10.8 Å². The zero-order valence-corrected chi connectivity index (χ0v) is 10.5. The van der Waals surface area contributed by atoms with Crippen LogP contribution in [0.1, 0.15) is 46.0 Å². The maximum Gasteiger partial charge on any atom is 0.0753 e. The van der Waals surface area contributed by atoms with E-state index in [4.69, 9.17) is 4.74 Å². The number of ether oxygens (including phenoxy) is 1. The van der Waals surface area contributed by atoms with Crippen LogP contribution in [0.25, 0.3) is 0 Å². The Balaban J connectivity index is 2.22. The van der Waals surface area contributed by atoms with E-state index in [0.717, 1.165) is 32.1 Å². The van der Waals surface area contributed by atoms with Crippen molar-refractivity contribution in [3.05, 3.63) is 0 Å². The molecule has 0 spiro atoms. The van der Waals surface area contributed by atoms with Gasteiger partial charge in [-0.15, -0.1) is 0 Å². The van der Waals surface area contributed by atoms with Crippen molar-refractivity contribution < 1.29 is 14.9 Å². The lowest BCUT2D eigenvalue weighted by molar-refractivity contribution is -0.152. The van der Waals surface area contributed by atoms with E-state index in [1.807, 2.05) is 0 Å². The van der Waals surface area contributed by atoms with Crippen molar-refractivity contribution in [1.82, 2.24) is 0 Å². The van der Waals surface area contributed by atoms with E-state index in [9.17, 15) is 10.2 Å². The van der Waals surface area contributed by atoms with Crippen molar-refractivity contribution in [2.75, 3.05) is 19.8 Å². The van der Waals surface area contributed by atoms with Crippen LogP contribution in [-0.2, 0) is 4.74 Å². The minimum Gasteiger partial charge on any atom is -0.396 e. The second-order valence-corrected chi connectivity index (χ2v) is 6.47. The van der Waals surface area contributed by atoms with Crippen LogP contribution in [-0.4, -0.2) is 35.6 Å². The van der Waals surface area contributed by atoms with Gasteiger partial charge >= 0.3 is 0 Å². The molecule has 1 heterocycles. The standard InChI is InChI=1S/C13H24O3/c1-11(2)4-3-5-13(15,8-11)12(9-14)6-7-16-10-12/h14-15H,3-10H2,1-2H3. The molecule has 3 nitrogen and oxygen atoms in total. The van der Waals surface area contributed by atoms with Crippen LogP contribution in [0.2, 0.25) is 0 Å². The molecule has 1 aliphatic heterocycles. The average molecular weight is 228 g/mol. The molecule has 2 unspecified atom stereocenters. The van der Waals surface area contributed by atoms with Gasteiger partial charge in [-0.05, 0) is 31.1 Å². The molecular formula is C13H24O3. The number of hydrogen-bond acceptors (Lipinski definition) is 3. The van der Waals surface area contributed by atoms with Crippen molar-refractivity contribution in [3.63, 3.8) is 0 Å². The zero-order chi connectivity index (χ0) is 11.9.